The molecule has 0 saturated carbocycles. The molecule has 0 amide bonds. The van der Waals surface area contributed by atoms with Gasteiger partial charge in [-0.25, -0.2) is 0 Å². The van der Waals surface area contributed by atoms with Crippen LogP contribution in [-0.2, 0) is 6.54 Å². The van der Waals surface area contributed by atoms with Crippen molar-refractivity contribution in [2.24, 2.45) is 10.9 Å². The van der Waals surface area contributed by atoms with Gasteiger partial charge in [-0.3, -0.25) is 4.99 Å². The van der Waals surface area contributed by atoms with E-state index < -0.39 is 0 Å². The number of benzene rings is 1. The standard InChI is InChI=1S/C17H29N3O3.HI/c1-11(2)12(3)20-17(18-4)19-10-14-15(22-6)8-13(21-5)9-16(14)23-7;/h8-9,11-12H,10H2,1-7H3,(H2,18,19,20);1H. The molecule has 24 heavy (non-hydrogen) atoms. The van der Waals surface area contributed by atoms with Crippen LogP contribution in [0.15, 0.2) is 17.1 Å². The molecule has 1 aromatic rings. The van der Waals surface area contributed by atoms with Crippen molar-refractivity contribution in [3.8, 4) is 17.2 Å². The molecule has 138 valence electrons. The molecule has 0 saturated heterocycles. The lowest BCUT2D eigenvalue weighted by Gasteiger charge is -2.22. The van der Waals surface area contributed by atoms with Crippen LogP contribution < -0.4 is 24.8 Å². The smallest absolute Gasteiger partial charge is 0.191 e. The second-order valence-corrected chi connectivity index (χ2v) is 5.61. The van der Waals surface area contributed by atoms with Crippen molar-refractivity contribution in [2.75, 3.05) is 28.4 Å². The summed E-state index contributed by atoms with van der Waals surface area (Å²) in [5.41, 5.74) is 0.913. The summed E-state index contributed by atoms with van der Waals surface area (Å²) in [7, 11) is 6.63. The number of methoxy groups -OCH3 is 3. The Morgan fingerprint density at radius 2 is 1.58 bits per heavy atom. The number of ether oxygens (including phenoxy) is 3. The number of halogens is 1. The van der Waals surface area contributed by atoms with Crippen molar-refractivity contribution >= 4 is 29.9 Å². The third-order valence-corrected chi connectivity index (χ3v) is 3.84. The Balaban J connectivity index is 0.00000529. The van der Waals surface area contributed by atoms with Gasteiger partial charge >= 0.3 is 0 Å². The molecule has 0 radical (unpaired) electrons. The van der Waals surface area contributed by atoms with E-state index in [0.29, 0.717) is 35.8 Å². The molecule has 1 atom stereocenters. The van der Waals surface area contributed by atoms with Gasteiger partial charge in [0.15, 0.2) is 5.96 Å². The van der Waals surface area contributed by atoms with Crippen molar-refractivity contribution < 1.29 is 14.2 Å². The number of aliphatic imine (C=N–C) groups is 1. The minimum atomic E-state index is 0. The maximum Gasteiger partial charge on any atom is 0.191 e. The molecule has 0 fully saturated rings. The van der Waals surface area contributed by atoms with Gasteiger partial charge < -0.3 is 24.8 Å². The second kappa shape index (κ2) is 11.2. The molecular weight excluding hydrogens is 421 g/mol. The number of hydrogen-bond acceptors (Lipinski definition) is 4. The van der Waals surface area contributed by atoms with Crippen LogP contribution in [0.4, 0.5) is 0 Å². The molecule has 1 rings (SSSR count). The first-order valence-corrected chi connectivity index (χ1v) is 7.72. The fourth-order valence-electron chi connectivity index (χ4n) is 2.00. The Morgan fingerprint density at radius 1 is 1.04 bits per heavy atom. The van der Waals surface area contributed by atoms with Gasteiger partial charge in [-0.1, -0.05) is 13.8 Å². The van der Waals surface area contributed by atoms with Gasteiger partial charge in [-0.05, 0) is 12.8 Å². The maximum atomic E-state index is 5.46. The Morgan fingerprint density at radius 3 is 1.96 bits per heavy atom. The van der Waals surface area contributed by atoms with Crippen LogP contribution in [0.5, 0.6) is 17.2 Å². The summed E-state index contributed by atoms with van der Waals surface area (Å²) >= 11 is 0. The van der Waals surface area contributed by atoms with E-state index >= 15 is 0 Å². The van der Waals surface area contributed by atoms with E-state index in [-0.39, 0.29) is 24.0 Å². The van der Waals surface area contributed by atoms with Crippen molar-refractivity contribution in [2.45, 2.75) is 33.4 Å². The number of rotatable bonds is 7. The minimum absolute atomic E-state index is 0. The lowest BCUT2D eigenvalue weighted by Crippen LogP contribution is -2.43. The predicted octanol–water partition coefficient (Wildman–Crippen LogP) is 3.04. The van der Waals surface area contributed by atoms with E-state index in [2.05, 4.69) is 36.4 Å². The van der Waals surface area contributed by atoms with Gasteiger partial charge in [0, 0.05) is 25.2 Å². The van der Waals surface area contributed by atoms with Crippen LogP contribution in [0.3, 0.4) is 0 Å². The minimum Gasteiger partial charge on any atom is -0.496 e. The molecule has 7 heteroatoms. The summed E-state index contributed by atoms with van der Waals surface area (Å²) in [6.07, 6.45) is 0. The first-order chi connectivity index (χ1) is 11.0. The fraction of sp³-hybridized carbons (Fsp3) is 0.588. The van der Waals surface area contributed by atoms with Gasteiger partial charge in [0.25, 0.3) is 0 Å². The normalized spacial score (nSPS) is 12.2. The molecule has 0 aliphatic carbocycles. The van der Waals surface area contributed by atoms with Crippen LogP contribution in [0.2, 0.25) is 0 Å². The van der Waals surface area contributed by atoms with Crippen LogP contribution in [0.25, 0.3) is 0 Å². The van der Waals surface area contributed by atoms with Crippen molar-refractivity contribution in [1.82, 2.24) is 10.6 Å². The van der Waals surface area contributed by atoms with E-state index in [4.69, 9.17) is 14.2 Å². The molecule has 0 aliphatic heterocycles. The van der Waals surface area contributed by atoms with Crippen molar-refractivity contribution in [3.63, 3.8) is 0 Å². The Labute approximate surface area is 162 Å². The molecule has 2 N–H and O–H groups in total. The molecule has 0 bridgehead atoms. The first kappa shape index (κ1) is 22.6. The lowest BCUT2D eigenvalue weighted by molar-refractivity contribution is 0.368. The van der Waals surface area contributed by atoms with Crippen LogP contribution in [-0.4, -0.2) is 40.4 Å². The highest BCUT2D eigenvalue weighted by Crippen LogP contribution is 2.33. The number of hydrogen-bond donors (Lipinski definition) is 2. The summed E-state index contributed by atoms with van der Waals surface area (Å²) < 4.78 is 16.2. The molecule has 0 aromatic heterocycles. The average Bonchev–Trinajstić information content (AvgIpc) is 2.57. The monoisotopic (exact) mass is 451 g/mol. The summed E-state index contributed by atoms with van der Waals surface area (Å²) in [4.78, 5) is 4.26. The Hall–Kier alpha value is -1.38. The largest absolute Gasteiger partial charge is 0.496 e. The average molecular weight is 451 g/mol. The van der Waals surface area contributed by atoms with Gasteiger partial charge in [-0.15, -0.1) is 24.0 Å². The zero-order valence-corrected chi connectivity index (χ0v) is 17.9. The van der Waals surface area contributed by atoms with E-state index in [0.717, 1.165) is 11.5 Å². The van der Waals surface area contributed by atoms with E-state index in [1.807, 2.05) is 12.1 Å². The second-order valence-electron chi connectivity index (χ2n) is 5.61. The van der Waals surface area contributed by atoms with Crippen LogP contribution in [0.1, 0.15) is 26.3 Å². The first-order valence-electron chi connectivity index (χ1n) is 7.72. The SMILES string of the molecule is CN=C(NCc1c(OC)cc(OC)cc1OC)NC(C)C(C)C.I. The summed E-state index contributed by atoms with van der Waals surface area (Å²) in [6, 6.07) is 4.00. The molecule has 6 nitrogen and oxygen atoms in total. The summed E-state index contributed by atoms with van der Waals surface area (Å²) in [5, 5.41) is 6.66. The highest BCUT2D eigenvalue weighted by atomic mass is 127. The summed E-state index contributed by atoms with van der Waals surface area (Å²) in [6.45, 7) is 6.99. The third-order valence-electron chi connectivity index (χ3n) is 3.84. The van der Waals surface area contributed by atoms with Gasteiger partial charge in [0.05, 0.1) is 33.4 Å². The molecule has 1 unspecified atom stereocenters. The highest BCUT2D eigenvalue weighted by molar-refractivity contribution is 14.0. The zero-order chi connectivity index (χ0) is 17.4. The van der Waals surface area contributed by atoms with Gasteiger partial charge in [0.1, 0.15) is 17.2 Å². The van der Waals surface area contributed by atoms with E-state index in [1.54, 1.807) is 28.4 Å². The lowest BCUT2D eigenvalue weighted by atomic mass is 10.1. The highest BCUT2D eigenvalue weighted by Gasteiger charge is 2.15. The molecule has 0 spiro atoms. The molecular formula is C17H30IN3O3. The summed E-state index contributed by atoms with van der Waals surface area (Å²) in [5.74, 6) is 3.37. The Kier molecular flexibility index (Phi) is 10.6. The molecule has 0 heterocycles. The topological polar surface area (TPSA) is 64.1 Å². The number of nitrogens with zero attached hydrogens (tertiary/aromatic N) is 1. The van der Waals surface area contributed by atoms with E-state index in [1.165, 1.54) is 0 Å². The van der Waals surface area contributed by atoms with Gasteiger partial charge in [-0.2, -0.15) is 0 Å². The fourth-order valence-corrected chi connectivity index (χ4v) is 2.00. The quantitative estimate of drug-likeness (QED) is 0.379. The molecule has 0 aliphatic rings. The van der Waals surface area contributed by atoms with Crippen molar-refractivity contribution in [1.29, 1.82) is 0 Å². The van der Waals surface area contributed by atoms with Crippen molar-refractivity contribution in [3.05, 3.63) is 17.7 Å². The number of guanidine groups is 1. The van der Waals surface area contributed by atoms with Crippen LogP contribution in [0, 0.1) is 5.92 Å². The molecule has 1 aromatic carbocycles. The van der Waals surface area contributed by atoms with E-state index in [9.17, 15) is 0 Å². The van der Waals surface area contributed by atoms with Gasteiger partial charge in [0.2, 0.25) is 0 Å². The number of nitrogens with one attached hydrogen (secondary N) is 2. The Bertz CT molecular complexity index is 511. The zero-order valence-electron chi connectivity index (χ0n) is 15.6. The third kappa shape index (κ3) is 6.26. The van der Waals surface area contributed by atoms with Crippen LogP contribution >= 0.6 is 24.0 Å². The predicted molar refractivity (Wildman–Crippen MR) is 109 cm³/mol. The maximum absolute atomic E-state index is 5.46.